The summed E-state index contributed by atoms with van der Waals surface area (Å²) in [6, 6.07) is 1.76. The zero-order chi connectivity index (χ0) is 7.23. The average Bonchev–Trinajstić information content (AvgIpc) is 2.03. The Morgan fingerprint density at radius 1 is 1.60 bits per heavy atom. The van der Waals surface area contributed by atoms with Crippen molar-refractivity contribution in [3.63, 3.8) is 0 Å². The molecule has 1 aromatic heterocycles. The van der Waals surface area contributed by atoms with Gasteiger partial charge in [-0.15, -0.1) is 11.8 Å². The molecule has 0 saturated carbocycles. The molecule has 0 aliphatic rings. The molecule has 0 bridgehead atoms. The second kappa shape index (κ2) is 4.22. The number of alkyl halides is 1. The highest BCUT2D eigenvalue weighted by Gasteiger charge is 1.91. The first-order valence-electron chi connectivity index (χ1n) is 2.88. The van der Waals surface area contributed by atoms with Crippen molar-refractivity contribution in [2.75, 3.05) is 12.4 Å². The molecule has 10 heavy (non-hydrogen) atoms. The number of halogens is 1. The number of aromatic nitrogens is 2. The van der Waals surface area contributed by atoms with Crippen LogP contribution in [0.1, 0.15) is 0 Å². The zero-order valence-electron chi connectivity index (χ0n) is 5.33. The first-order chi connectivity index (χ1) is 4.93. The predicted molar refractivity (Wildman–Crippen MR) is 38.7 cm³/mol. The van der Waals surface area contributed by atoms with E-state index in [1.807, 2.05) is 0 Å². The average molecular weight is 158 g/mol. The quantitative estimate of drug-likeness (QED) is 0.493. The third-order valence-corrected chi connectivity index (χ3v) is 1.78. The van der Waals surface area contributed by atoms with Gasteiger partial charge in [0, 0.05) is 11.9 Å². The summed E-state index contributed by atoms with van der Waals surface area (Å²) in [4.78, 5) is 7.64. The Bertz CT molecular complexity index is 180. The Morgan fingerprint density at radius 2 is 2.50 bits per heavy atom. The van der Waals surface area contributed by atoms with Crippen molar-refractivity contribution in [3.8, 4) is 0 Å². The lowest BCUT2D eigenvalue weighted by molar-refractivity contribution is 0.532. The van der Waals surface area contributed by atoms with Crippen molar-refractivity contribution in [1.82, 2.24) is 9.97 Å². The molecule has 0 spiro atoms. The van der Waals surface area contributed by atoms with Gasteiger partial charge in [-0.05, 0) is 6.07 Å². The highest BCUT2D eigenvalue weighted by molar-refractivity contribution is 7.99. The molecule has 54 valence electrons. The van der Waals surface area contributed by atoms with E-state index in [1.165, 1.54) is 18.1 Å². The summed E-state index contributed by atoms with van der Waals surface area (Å²) >= 11 is 1.39. The van der Waals surface area contributed by atoms with Crippen molar-refractivity contribution in [3.05, 3.63) is 18.6 Å². The van der Waals surface area contributed by atoms with E-state index in [2.05, 4.69) is 9.97 Å². The van der Waals surface area contributed by atoms with Gasteiger partial charge in [-0.2, -0.15) is 0 Å². The molecule has 0 aliphatic carbocycles. The van der Waals surface area contributed by atoms with E-state index < -0.39 is 0 Å². The summed E-state index contributed by atoms with van der Waals surface area (Å²) < 4.78 is 11.6. The van der Waals surface area contributed by atoms with Crippen LogP contribution in [0.3, 0.4) is 0 Å². The smallest absolute Gasteiger partial charge is 0.116 e. The molecule has 0 saturated heterocycles. The van der Waals surface area contributed by atoms with E-state index in [-0.39, 0.29) is 6.67 Å². The summed E-state index contributed by atoms with van der Waals surface area (Å²) in [6.07, 6.45) is 3.11. The van der Waals surface area contributed by atoms with Crippen LogP contribution in [0.4, 0.5) is 4.39 Å². The van der Waals surface area contributed by atoms with Crippen LogP contribution in [0.15, 0.2) is 23.6 Å². The SMILES string of the molecule is FCCSc1ccncn1. The minimum absolute atomic E-state index is 0.311. The first kappa shape index (κ1) is 7.47. The Kier molecular flexibility index (Phi) is 3.15. The third-order valence-electron chi connectivity index (χ3n) is 0.882. The fourth-order valence-electron chi connectivity index (χ4n) is 0.507. The molecule has 0 radical (unpaired) electrons. The van der Waals surface area contributed by atoms with Gasteiger partial charge in [0.1, 0.15) is 6.33 Å². The van der Waals surface area contributed by atoms with Crippen molar-refractivity contribution < 1.29 is 4.39 Å². The van der Waals surface area contributed by atoms with E-state index in [9.17, 15) is 4.39 Å². The summed E-state index contributed by atoms with van der Waals surface area (Å²) in [7, 11) is 0. The van der Waals surface area contributed by atoms with Crippen molar-refractivity contribution in [1.29, 1.82) is 0 Å². The fourth-order valence-corrected chi connectivity index (χ4v) is 1.07. The van der Waals surface area contributed by atoms with Crippen LogP contribution in [0.5, 0.6) is 0 Å². The monoisotopic (exact) mass is 158 g/mol. The predicted octanol–water partition coefficient (Wildman–Crippen LogP) is 1.54. The maximum Gasteiger partial charge on any atom is 0.116 e. The molecular formula is C6H7FN2S. The molecule has 1 heterocycles. The minimum Gasteiger partial charge on any atom is -0.250 e. The second-order valence-electron chi connectivity index (χ2n) is 1.59. The lowest BCUT2D eigenvalue weighted by Gasteiger charge is -1.93. The van der Waals surface area contributed by atoms with Gasteiger partial charge in [0.05, 0.1) is 11.7 Å². The lowest BCUT2D eigenvalue weighted by Crippen LogP contribution is -1.83. The van der Waals surface area contributed by atoms with Crippen LogP contribution in [0.2, 0.25) is 0 Å². The maximum atomic E-state index is 11.6. The van der Waals surface area contributed by atoms with Gasteiger partial charge >= 0.3 is 0 Å². The van der Waals surface area contributed by atoms with E-state index in [0.29, 0.717) is 5.75 Å². The normalized spacial score (nSPS) is 9.70. The van der Waals surface area contributed by atoms with E-state index in [0.717, 1.165) is 5.03 Å². The molecule has 0 aromatic carbocycles. The van der Waals surface area contributed by atoms with Crippen LogP contribution in [0.25, 0.3) is 0 Å². The number of nitrogens with zero attached hydrogens (tertiary/aromatic N) is 2. The largest absolute Gasteiger partial charge is 0.250 e. The molecule has 0 unspecified atom stereocenters. The molecule has 0 N–H and O–H groups in total. The van der Waals surface area contributed by atoms with Gasteiger partial charge in [0.2, 0.25) is 0 Å². The summed E-state index contributed by atoms with van der Waals surface area (Å²) in [6.45, 7) is -0.311. The van der Waals surface area contributed by atoms with Gasteiger partial charge in [0.15, 0.2) is 0 Å². The minimum atomic E-state index is -0.311. The fraction of sp³-hybridized carbons (Fsp3) is 0.333. The van der Waals surface area contributed by atoms with Crippen molar-refractivity contribution in [2.24, 2.45) is 0 Å². The molecule has 0 atom stereocenters. The van der Waals surface area contributed by atoms with Crippen LogP contribution in [-0.4, -0.2) is 22.4 Å². The Labute approximate surface area is 62.9 Å². The Morgan fingerprint density at radius 3 is 3.10 bits per heavy atom. The molecule has 0 fully saturated rings. The van der Waals surface area contributed by atoms with Gasteiger partial charge < -0.3 is 0 Å². The molecule has 1 aromatic rings. The Hall–Kier alpha value is -0.640. The molecule has 4 heteroatoms. The lowest BCUT2D eigenvalue weighted by atomic mass is 10.7. The van der Waals surface area contributed by atoms with Gasteiger partial charge in [-0.25, -0.2) is 9.97 Å². The third kappa shape index (κ3) is 2.31. The number of thioether (sulfide) groups is 1. The van der Waals surface area contributed by atoms with Crippen LogP contribution >= 0.6 is 11.8 Å². The highest BCUT2D eigenvalue weighted by Crippen LogP contribution is 2.11. The molecule has 1 rings (SSSR count). The van der Waals surface area contributed by atoms with Crippen LogP contribution in [0, 0.1) is 0 Å². The van der Waals surface area contributed by atoms with Crippen LogP contribution < -0.4 is 0 Å². The van der Waals surface area contributed by atoms with Gasteiger partial charge in [0.25, 0.3) is 0 Å². The van der Waals surface area contributed by atoms with Crippen molar-refractivity contribution in [2.45, 2.75) is 5.03 Å². The molecule has 0 amide bonds. The van der Waals surface area contributed by atoms with Crippen molar-refractivity contribution >= 4 is 11.8 Å². The van der Waals surface area contributed by atoms with Gasteiger partial charge in [-0.3, -0.25) is 4.39 Å². The molecule has 2 nitrogen and oxygen atoms in total. The first-order valence-corrected chi connectivity index (χ1v) is 3.87. The second-order valence-corrected chi connectivity index (χ2v) is 2.70. The van der Waals surface area contributed by atoms with E-state index in [1.54, 1.807) is 12.3 Å². The molecule has 0 aliphatic heterocycles. The van der Waals surface area contributed by atoms with Crippen LogP contribution in [-0.2, 0) is 0 Å². The summed E-state index contributed by atoms with van der Waals surface area (Å²) in [5.41, 5.74) is 0. The summed E-state index contributed by atoms with van der Waals surface area (Å²) in [5.74, 6) is 0.469. The zero-order valence-corrected chi connectivity index (χ0v) is 6.14. The Balaban J connectivity index is 2.43. The molecular weight excluding hydrogens is 151 g/mol. The maximum absolute atomic E-state index is 11.6. The summed E-state index contributed by atoms with van der Waals surface area (Å²) in [5, 5.41) is 0.827. The number of hydrogen-bond donors (Lipinski definition) is 0. The topological polar surface area (TPSA) is 25.8 Å². The van der Waals surface area contributed by atoms with E-state index in [4.69, 9.17) is 0 Å². The number of hydrogen-bond acceptors (Lipinski definition) is 3. The van der Waals surface area contributed by atoms with Gasteiger partial charge in [-0.1, -0.05) is 0 Å². The number of rotatable bonds is 3. The highest BCUT2D eigenvalue weighted by atomic mass is 32.2. The van der Waals surface area contributed by atoms with E-state index >= 15 is 0 Å². The standard InChI is InChI=1S/C6H7FN2S/c7-2-4-10-6-1-3-8-5-9-6/h1,3,5H,2,4H2.